The van der Waals surface area contributed by atoms with E-state index in [0.29, 0.717) is 6.54 Å². The van der Waals surface area contributed by atoms with Gasteiger partial charge in [-0.2, -0.15) is 0 Å². The van der Waals surface area contributed by atoms with E-state index in [4.69, 9.17) is 15.7 Å². The third-order valence-corrected chi connectivity index (χ3v) is 3.31. The first kappa shape index (κ1) is 13.5. The highest BCUT2D eigenvalue weighted by molar-refractivity contribution is 5.81. The molecule has 1 aromatic carbocycles. The van der Waals surface area contributed by atoms with Gasteiger partial charge in [-0.15, -0.1) is 0 Å². The zero-order chi connectivity index (χ0) is 13.7. The number of ether oxygens (including phenoxy) is 1. The van der Waals surface area contributed by atoms with Crippen molar-refractivity contribution < 1.29 is 9.94 Å². The van der Waals surface area contributed by atoms with E-state index >= 15 is 0 Å². The molecule has 0 unspecified atom stereocenters. The average Bonchev–Trinajstić information content (AvgIpc) is 2.48. The molecule has 1 aliphatic heterocycles. The molecule has 1 aliphatic rings. The van der Waals surface area contributed by atoms with Crippen molar-refractivity contribution in [3.63, 3.8) is 0 Å². The number of oxime groups is 1. The third-order valence-electron chi connectivity index (χ3n) is 3.31. The predicted molar refractivity (Wildman–Crippen MR) is 75.1 cm³/mol. The van der Waals surface area contributed by atoms with Gasteiger partial charge in [-0.1, -0.05) is 17.3 Å². The maximum Gasteiger partial charge on any atom is 0.153 e. The number of anilines is 1. The second-order valence-electron chi connectivity index (χ2n) is 4.53. The van der Waals surface area contributed by atoms with Gasteiger partial charge in [-0.25, -0.2) is 0 Å². The molecular formula is C13H20N4O2. The summed E-state index contributed by atoms with van der Waals surface area (Å²) in [6, 6.07) is 8.02. The van der Waals surface area contributed by atoms with E-state index in [1.54, 1.807) is 7.11 Å². The molecule has 19 heavy (non-hydrogen) atoms. The highest BCUT2D eigenvalue weighted by Gasteiger charge is 2.19. The Morgan fingerprint density at radius 3 is 2.63 bits per heavy atom. The molecule has 6 nitrogen and oxygen atoms in total. The molecule has 0 bridgehead atoms. The van der Waals surface area contributed by atoms with Crippen molar-refractivity contribution in [2.24, 2.45) is 10.9 Å². The lowest BCUT2D eigenvalue weighted by atomic mass is 10.2. The number of benzene rings is 1. The van der Waals surface area contributed by atoms with Crippen molar-refractivity contribution in [2.45, 2.75) is 0 Å². The maximum absolute atomic E-state index is 8.57. The number of hydrogen-bond acceptors (Lipinski definition) is 5. The van der Waals surface area contributed by atoms with E-state index in [9.17, 15) is 0 Å². The molecule has 6 heteroatoms. The van der Waals surface area contributed by atoms with E-state index in [1.807, 2.05) is 18.2 Å². The molecule has 0 aliphatic carbocycles. The van der Waals surface area contributed by atoms with Crippen LogP contribution in [0.25, 0.3) is 0 Å². The number of nitrogens with zero attached hydrogens (tertiary/aromatic N) is 3. The molecule has 0 saturated carbocycles. The summed E-state index contributed by atoms with van der Waals surface area (Å²) in [5.74, 6) is 1.15. The zero-order valence-electron chi connectivity index (χ0n) is 11.1. The van der Waals surface area contributed by atoms with Gasteiger partial charge in [-0.05, 0) is 12.1 Å². The SMILES string of the molecule is COc1ccccc1N1CCN(C/C(N)=N/O)CC1. The molecule has 3 N–H and O–H groups in total. The summed E-state index contributed by atoms with van der Waals surface area (Å²) in [6.45, 7) is 4.08. The Hall–Kier alpha value is -1.95. The van der Waals surface area contributed by atoms with Crippen LogP contribution in [0, 0.1) is 0 Å². The topological polar surface area (TPSA) is 74.3 Å². The van der Waals surface area contributed by atoms with Crippen LogP contribution in [0.5, 0.6) is 5.75 Å². The lowest BCUT2D eigenvalue weighted by Gasteiger charge is -2.36. The van der Waals surface area contributed by atoms with E-state index in [-0.39, 0.29) is 5.84 Å². The Morgan fingerprint density at radius 2 is 2.00 bits per heavy atom. The molecule has 1 heterocycles. The predicted octanol–water partition coefficient (Wildman–Crippen LogP) is 0.564. The monoisotopic (exact) mass is 264 g/mol. The molecule has 0 radical (unpaired) electrons. The van der Waals surface area contributed by atoms with E-state index in [1.165, 1.54) is 0 Å². The van der Waals surface area contributed by atoms with Crippen molar-refractivity contribution in [3.05, 3.63) is 24.3 Å². The Balaban J connectivity index is 1.96. The quantitative estimate of drug-likeness (QED) is 0.360. The van der Waals surface area contributed by atoms with Crippen molar-refractivity contribution in [2.75, 3.05) is 44.7 Å². The molecule has 104 valence electrons. The Bertz CT molecular complexity index is 442. The van der Waals surface area contributed by atoms with Crippen molar-refractivity contribution in [3.8, 4) is 5.75 Å². The van der Waals surface area contributed by atoms with Crippen molar-refractivity contribution in [1.29, 1.82) is 0 Å². The van der Waals surface area contributed by atoms with Gasteiger partial charge in [0.15, 0.2) is 5.84 Å². The van der Waals surface area contributed by atoms with Gasteiger partial charge in [0.05, 0.1) is 19.3 Å². The molecule has 0 amide bonds. The Labute approximate surface area is 113 Å². The van der Waals surface area contributed by atoms with Gasteiger partial charge < -0.3 is 20.6 Å². The van der Waals surface area contributed by atoms with Crippen LogP contribution in [0.3, 0.4) is 0 Å². The number of methoxy groups -OCH3 is 1. The fraction of sp³-hybridized carbons (Fsp3) is 0.462. The first-order chi connectivity index (χ1) is 9.24. The summed E-state index contributed by atoms with van der Waals surface area (Å²) in [4.78, 5) is 4.46. The average molecular weight is 264 g/mol. The molecule has 1 fully saturated rings. The van der Waals surface area contributed by atoms with E-state index < -0.39 is 0 Å². The van der Waals surface area contributed by atoms with E-state index in [2.05, 4.69) is 21.0 Å². The van der Waals surface area contributed by atoms with Crippen LogP contribution in [0.2, 0.25) is 0 Å². The first-order valence-corrected chi connectivity index (χ1v) is 6.31. The highest BCUT2D eigenvalue weighted by Crippen LogP contribution is 2.28. The standard InChI is InChI=1S/C13H20N4O2/c1-19-12-5-3-2-4-11(12)17-8-6-16(7-9-17)10-13(14)15-18/h2-5,18H,6-10H2,1H3,(H2,14,15). The first-order valence-electron chi connectivity index (χ1n) is 6.31. The third kappa shape index (κ3) is 3.29. The van der Waals surface area contributed by atoms with Crippen molar-refractivity contribution >= 4 is 11.5 Å². The van der Waals surface area contributed by atoms with Crippen molar-refractivity contribution in [1.82, 2.24) is 4.90 Å². The second-order valence-corrected chi connectivity index (χ2v) is 4.53. The molecule has 1 saturated heterocycles. The largest absolute Gasteiger partial charge is 0.495 e. The van der Waals surface area contributed by atoms with Crippen LogP contribution in [0.1, 0.15) is 0 Å². The van der Waals surface area contributed by atoms with Crippen LogP contribution < -0.4 is 15.4 Å². The number of piperazine rings is 1. The van der Waals surface area contributed by atoms with Gasteiger partial charge in [0.25, 0.3) is 0 Å². The van der Waals surface area contributed by atoms with Crippen LogP contribution >= 0.6 is 0 Å². The molecule has 2 rings (SSSR count). The second kappa shape index (κ2) is 6.29. The summed E-state index contributed by atoms with van der Waals surface area (Å²) in [5.41, 5.74) is 6.64. The summed E-state index contributed by atoms with van der Waals surface area (Å²) in [5, 5.41) is 11.6. The highest BCUT2D eigenvalue weighted by atomic mass is 16.5. The molecule has 1 aromatic rings. The summed E-state index contributed by atoms with van der Waals surface area (Å²) >= 11 is 0. The van der Waals surface area contributed by atoms with Crippen LogP contribution in [-0.2, 0) is 0 Å². The van der Waals surface area contributed by atoms with Gasteiger partial charge in [-0.3, -0.25) is 4.90 Å². The minimum Gasteiger partial charge on any atom is -0.495 e. The van der Waals surface area contributed by atoms with Crippen LogP contribution in [0.15, 0.2) is 29.4 Å². The fourth-order valence-corrected chi connectivity index (χ4v) is 2.30. The molecular weight excluding hydrogens is 244 g/mol. The maximum atomic E-state index is 8.57. The number of rotatable bonds is 4. The number of hydrogen-bond donors (Lipinski definition) is 2. The van der Waals surface area contributed by atoms with Crippen LogP contribution in [0.4, 0.5) is 5.69 Å². The normalized spacial score (nSPS) is 17.5. The van der Waals surface area contributed by atoms with Gasteiger partial charge in [0.1, 0.15) is 5.75 Å². The number of para-hydroxylation sites is 2. The summed E-state index contributed by atoms with van der Waals surface area (Å²) in [6.07, 6.45) is 0. The lowest BCUT2D eigenvalue weighted by Crippen LogP contribution is -2.49. The Morgan fingerprint density at radius 1 is 1.32 bits per heavy atom. The molecule has 0 aromatic heterocycles. The molecule has 0 spiro atoms. The number of amidine groups is 1. The van der Waals surface area contributed by atoms with Gasteiger partial charge in [0, 0.05) is 26.2 Å². The summed E-state index contributed by atoms with van der Waals surface area (Å²) < 4.78 is 5.38. The van der Waals surface area contributed by atoms with Gasteiger partial charge >= 0.3 is 0 Å². The minimum atomic E-state index is 0.255. The lowest BCUT2D eigenvalue weighted by molar-refractivity contribution is 0.278. The summed E-state index contributed by atoms with van der Waals surface area (Å²) in [7, 11) is 1.69. The Kier molecular flexibility index (Phi) is 4.46. The number of nitrogens with two attached hydrogens (primary N) is 1. The smallest absolute Gasteiger partial charge is 0.153 e. The zero-order valence-corrected chi connectivity index (χ0v) is 11.1. The van der Waals surface area contributed by atoms with Gasteiger partial charge in [0.2, 0.25) is 0 Å². The van der Waals surface area contributed by atoms with Crippen LogP contribution in [-0.4, -0.2) is 55.8 Å². The molecule has 0 atom stereocenters. The van der Waals surface area contributed by atoms with E-state index in [0.717, 1.165) is 37.6 Å². The fourth-order valence-electron chi connectivity index (χ4n) is 2.30. The minimum absolute atomic E-state index is 0.255.